The van der Waals surface area contributed by atoms with E-state index in [0.717, 1.165) is 5.56 Å². The van der Waals surface area contributed by atoms with E-state index in [2.05, 4.69) is 15.5 Å². The lowest BCUT2D eigenvalue weighted by atomic mass is 10.0. The van der Waals surface area contributed by atoms with Crippen LogP contribution < -0.4 is 14.8 Å². The van der Waals surface area contributed by atoms with Gasteiger partial charge in [-0.2, -0.15) is 0 Å². The topological polar surface area (TPSA) is 73.3 Å². The first-order chi connectivity index (χ1) is 13.3. The van der Waals surface area contributed by atoms with Gasteiger partial charge in [-0.05, 0) is 51.1 Å². The van der Waals surface area contributed by atoms with E-state index >= 15 is 0 Å². The number of carbonyl (C=O) groups excluding carboxylic acids is 1. The summed E-state index contributed by atoms with van der Waals surface area (Å²) in [5, 5.41) is 11.3. The molecule has 0 atom stereocenters. The Morgan fingerprint density at radius 3 is 2.36 bits per heavy atom. The zero-order valence-corrected chi connectivity index (χ0v) is 16.4. The number of carbonyl (C=O) groups is 1. The summed E-state index contributed by atoms with van der Waals surface area (Å²) in [6.45, 7) is 5.84. The van der Waals surface area contributed by atoms with Crippen molar-refractivity contribution in [3.05, 3.63) is 66.2 Å². The smallest absolute Gasteiger partial charge is 0.251 e. The van der Waals surface area contributed by atoms with Gasteiger partial charge in [0.15, 0.2) is 0 Å². The van der Waals surface area contributed by atoms with Crippen molar-refractivity contribution in [3.63, 3.8) is 0 Å². The van der Waals surface area contributed by atoms with Gasteiger partial charge in [0.2, 0.25) is 5.88 Å². The summed E-state index contributed by atoms with van der Waals surface area (Å²) in [6.07, 6.45) is 0. The molecule has 0 unspecified atom stereocenters. The Morgan fingerprint density at radius 2 is 1.68 bits per heavy atom. The number of nitrogens with zero attached hydrogens (tertiary/aromatic N) is 2. The Morgan fingerprint density at radius 1 is 0.929 bits per heavy atom. The summed E-state index contributed by atoms with van der Waals surface area (Å²) >= 11 is 0. The summed E-state index contributed by atoms with van der Waals surface area (Å²) in [7, 11) is 1.60. The van der Waals surface area contributed by atoms with Crippen molar-refractivity contribution in [1.29, 1.82) is 0 Å². The molecule has 6 heteroatoms. The second-order valence-electron chi connectivity index (χ2n) is 7.32. The van der Waals surface area contributed by atoms with Crippen LogP contribution >= 0.6 is 0 Å². The van der Waals surface area contributed by atoms with Crippen molar-refractivity contribution in [2.45, 2.75) is 26.3 Å². The number of nitrogens with one attached hydrogen (secondary N) is 1. The highest BCUT2D eigenvalue weighted by molar-refractivity contribution is 5.95. The molecule has 1 aromatic heterocycles. The molecule has 28 heavy (non-hydrogen) atoms. The van der Waals surface area contributed by atoms with Crippen molar-refractivity contribution >= 4 is 5.91 Å². The van der Waals surface area contributed by atoms with Crippen LogP contribution in [0, 0.1) is 0 Å². The summed E-state index contributed by atoms with van der Waals surface area (Å²) in [6, 6.07) is 18.1. The van der Waals surface area contributed by atoms with Gasteiger partial charge in [-0.3, -0.25) is 4.79 Å². The SMILES string of the molecule is COc1cccc(Oc2ccc(-c3cccc(C(=O)NC(C)(C)C)c3)nn2)c1. The van der Waals surface area contributed by atoms with Gasteiger partial charge in [0.1, 0.15) is 11.5 Å². The van der Waals surface area contributed by atoms with Crippen LogP contribution in [0.1, 0.15) is 31.1 Å². The highest BCUT2D eigenvalue weighted by Gasteiger charge is 2.16. The van der Waals surface area contributed by atoms with Gasteiger partial charge >= 0.3 is 0 Å². The van der Waals surface area contributed by atoms with Gasteiger partial charge in [-0.25, -0.2) is 0 Å². The Bertz CT molecular complexity index is 963. The lowest BCUT2D eigenvalue weighted by Crippen LogP contribution is -2.40. The average Bonchev–Trinajstić information content (AvgIpc) is 2.67. The third kappa shape index (κ3) is 5.07. The molecule has 0 saturated carbocycles. The van der Waals surface area contributed by atoms with Crippen LogP contribution in [0.3, 0.4) is 0 Å². The third-order valence-corrected chi connectivity index (χ3v) is 3.81. The Kier molecular flexibility index (Phi) is 5.59. The Labute approximate surface area is 164 Å². The number of amides is 1. The van der Waals surface area contributed by atoms with Crippen LogP contribution in [0.15, 0.2) is 60.7 Å². The molecule has 0 aliphatic carbocycles. The fourth-order valence-corrected chi connectivity index (χ4v) is 2.55. The molecular formula is C22H23N3O3. The van der Waals surface area contributed by atoms with Crippen LogP contribution in [0.25, 0.3) is 11.3 Å². The molecule has 3 aromatic rings. The van der Waals surface area contributed by atoms with Crippen molar-refractivity contribution < 1.29 is 14.3 Å². The fourth-order valence-electron chi connectivity index (χ4n) is 2.55. The molecule has 0 fully saturated rings. The van der Waals surface area contributed by atoms with Gasteiger partial charge in [0.05, 0.1) is 12.8 Å². The van der Waals surface area contributed by atoms with Gasteiger partial charge in [0, 0.05) is 28.8 Å². The van der Waals surface area contributed by atoms with Gasteiger partial charge in [-0.15, -0.1) is 10.2 Å². The predicted molar refractivity (Wildman–Crippen MR) is 108 cm³/mol. The first kappa shape index (κ1) is 19.4. The van der Waals surface area contributed by atoms with E-state index in [9.17, 15) is 4.79 Å². The van der Waals surface area contributed by atoms with E-state index in [1.54, 1.807) is 31.4 Å². The highest BCUT2D eigenvalue weighted by atomic mass is 16.5. The monoisotopic (exact) mass is 377 g/mol. The molecular weight excluding hydrogens is 354 g/mol. The molecule has 0 spiro atoms. The van der Waals surface area contributed by atoms with Gasteiger partial charge in [-0.1, -0.05) is 18.2 Å². The summed E-state index contributed by atoms with van der Waals surface area (Å²) < 4.78 is 10.9. The fraction of sp³-hybridized carbons (Fsp3) is 0.227. The van der Waals surface area contributed by atoms with E-state index in [4.69, 9.17) is 9.47 Å². The van der Waals surface area contributed by atoms with Crippen molar-refractivity contribution in [2.75, 3.05) is 7.11 Å². The molecule has 144 valence electrons. The number of hydrogen-bond donors (Lipinski definition) is 1. The number of ether oxygens (including phenoxy) is 2. The van der Waals surface area contributed by atoms with Crippen molar-refractivity contribution in [3.8, 4) is 28.6 Å². The minimum absolute atomic E-state index is 0.125. The number of rotatable bonds is 5. The van der Waals surface area contributed by atoms with Crippen LogP contribution in [0.5, 0.6) is 17.4 Å². The molecule has 1 heterocycles. The number of hydrogen-bond acceptors (Lipinski definition) is 5. The molecule has 0 radical (unpaired) electrons. The lowest BCUT2D eigenvalue weighted by molar-refractivity contribution is 0.0919. The largest absolute Gasteiger partial charge is 0.497 e. The summed E-state index contributed by atoms with van der Waals surface area (Å²) in [4.78, 5) is 12.4. The van der Waals surface area contributed by atoms with Crippen LogP contribution in [-0.2, 0) is 0 Å². The maximum Gasteiger partial charge on any atom is 0.251 e. The Balaban J connectivity index is 1.76. The molecule has 6 nitrogen and oxygen atoms in total. The number of benzene rings is 2. The maximum absolute atomic E-state index is 12.4. The van der Waals surface area contributed by atoms with E-state index in [-0.39, 0.29) is 11.4 Å². The number of methoxy groups -OCH3 is 1. The Hall–Kier alpha value is -3.41. The molecule has 1 N–H and O–H groups in total. The molecule has 0 saturated heterocycles. The standard InChI is InChI=1S/C22H23N3O3/c1-22(2,3)23-21(26)16-8-5-7-15(13-16)19-11-12-20(25-24-19)28-18-10-6-9-17(14-18)27-4/h5-14H,1-4H3,(H,23,26). The quantitative estimate of drug-likeness (QED) is 0.710. The van der Waals surface area contributed by atoms with E-state index in [1.807, 2.05) is 57.2 Å². The molecule has 0 aliphatic rings. The summed E-state index contributed by atoms with van der Waals surface area (Å²) in [5.74, 6) is 1.56. The first-order valence-electron chi connectivity index (χ1n) is 8.93. The highest BCUT2D eigenvalue weighted by Crippen LogP contribution is 2.25. The minimum atomic E-state index is -0.300. The van der Waals surface area contributed by atoms with Gasteiger partial charge < -0.3 is 14.8 Å². The zero-order valence-electron chi connectivity index (χ0n) is 16.4. The average molecular weight is 377 g/mol. The van der Waals surface area contributed by atoms with Crippen molar-refractivity contribution in [1.82, 2.24) is 15.5 Å². The normalized spacial score (nSPS) is 11.0. The van der Waals surface area contributed by atoms with Crippen LogP contribution in [0.4, 0.5) is 0 Å². The van der Waals surface area contributed by atoms with Crippen LogP contribution in [-0.4, -0.2) is 28.8 Å². The van der Waals surface area contributed by atoms with E-state index in [1.165, 1.54) is 0 Å². The molecule has 2 aromatic carbocycles. The summed E-state index contributed by atoms with van der Waals surface area (Å²) in [5.41, 5.74) is 1.74. The van der Waals surface area contributed by atoms with Crippen molar-refractivity contribution in [2.24, 2.45) is 0 Å². The molecule has 3 rings (SSSR count). The van der Waals surface area contributed by atoms with E-state index in [0.29, 0.717) is 28.6 Å². The van der Waals surface area contributed by atoms with E-state index < -0.39 is 0 Å². The maximum atomic E-state index is 12.4. The second-order valence-corrected chi connectivity index (χ2v) is 7.32. The molecule has 1 amide bonds. The first-order valence-corrected chi connectivity index (χ1v) is 8.93. The van der Waals surface area contributed by atoms with Gasteiger partial charge in [0.25, 0.3) is 5.91 Å². The predicted octanol–water partition coefficient (Wildman–Crippen LogP) is 4.47. The van der Waals surface area contributed by atoms with Crippen LogP contribution in [0.2, 0.25) is 0 Å². The molecule has 0 bridgehead atoms. The second kappa shape index (κ2) is 8.08. The minimum Gasteiger partial charge on any atom is -0.497 e. The zero-order chi connectivity index (χ0) is 20.1. The number of aromatic nitrogens is 2. The lowest BCUT2D eigenvalue weighted by Gasteiger charge is -2.20. The third-order valence-electron chi connectivity index (χ3n) is 3.81. The molecule has 0 aliphatic heterocycles.